The highest BCUT2D eigenvalue weighted by Gasteiger charge is 2.24. The van der Waals surface area contributed by atoms with Crippen molar-refractivity contribution in [2.75, 3.05) is 7.11 Å². The van der Waals surface area contributed by atoms with Crippen LogP contribution < -0.4 is 4.74 Å². The van der Waals surface area contributed by atoms with E-state index in [1.54, 1.807) is 7.11 Å². The molecule has 0 radical (unpaired) electrons. The minimum absolute atomic E-state index is 0.0317. The van der Waals surface area contributed by atoms with Gasteiger partial charge in [-0.25, -0.2) is 0 Å². The number of para-hydroxylation sites is 2. The van der Waals surface area contributed by atoms with Gasteiger partial charge in [0.05, 0.1) is 18.2 Å². The second-order valence-electron chi connectivity index (χ2n) is 6.17. The van der Waals surface area contributed by atoms with Gasteiger partial charge in [0.15, 0.2) is 5.78 Å². The third kappa shape index (κ3) is 2.37. The monoisotopic (exact) mass is 317 g/mol. The van der Waals surface area contributed by atoms with E-state index in [9.17, 15) is 4.79 Å². The van der Waals surface area contributed by atoms with Crippen LogP contribution in [-0.4, -0.2) is 17.9 Å². The molecule has 1 aliphatic rings. The van der Waals surface area contributed by atoms with Crippen molar-refractivity contribution in [1.82, 2.24) is 4.98 Å². The van der Waals surface area contributed by atoms with E-state index >= 15 is 0 Å². The summed E-state index contributed by atoms with van der Waals surface area (Å²) in [6, 6.07) is 15.4. The van der Waals surface area contributed by atoms with Gasteiger partial charge in [0.1, 0.15) is 5.75 Å². The molecule has 0 saturated carbocycles. The van der Waals surface area contributed by atoms with Crippen LogP contribution in [0.3, 0.4) is 0 Å². The topological polar surface area (TPSA) is 39.2 Å². The molecule has 0 saturated heterocycles. The number of aromatic nitrogens is 1. The van der Waals surface area contributed by atoms with Crippen molar-refractivity contribution in [2.45, 2.75) is 25.7 Å². The summed E-state index contributed by atoms with van der Waals surface area (Å²) in [5, 5.41) is 0.939. The maximum absolute atomic E-state index is 13.4. The Kier molecular flexibility index (Phi) is 3.77. The average Bonchev–Trinajstić information content (AvgIpc) is 2.65. The van der Waals surface area contributed by atoms with Gasteiger partial charge >= 0.3 is 0 Å². The fourth-order valence-electron chi connectivity index (χ4n) is 3.60. The lowest BCUT2D eigenvalue weighted by Crippen LogP contribution is -2.15. The molecule has 0 atom stereocenters. The first-order valence-corrected chi connectivity index (χ1v) is 8.38. The molecule has 3 aromatic rings. The molecule has 0 N–H and O–H groups in total. The number of ketones is 1. The predicted molar refractivity (Wildman–Crippen MR) is 94.8 cm³/mol. The fourth-order valence-corrected chi connectivity index (χ4v) is 3.60. The van der Waals surface area contributed by atoms with Crippen LogP contribution in [0.15, 0.2) is 48.5 Å². The molecule has 1 aliphatic carbocycles. The quantitative estimate of drug-likeness (QED) is 0.674. The summed E-state index contributed by atoms with van der Waals surface area (Å²) >= 11 is 0. The van der Waals surface area contributed by atoms with Crippen molar-refractivity contribution in [3.63, 3.8) is 0 Å². The van der Waals surface area contributed by atoms with Crippen LogP contribution in [-0.2, 0) is 12.8 Å². The molecule has 1 heterocycles. The molecule has 24 heavy (non-hydrogen) atoms. The van der Waals surface area contributed by atoms with Crippen LogP contribution in [0.1, 0.15) is 40.0 Å². The largest absolute Gasteiger partial charge is 0.496 e. The van der Waals surface area contributed by atoms with Gasteiger partial charge in [-0.3, -0.25) is 9.78 Å². The molecule has 0 aliphatic heterocycles. The molecule has 1 aromatic heterocycles. The first-order chi connectivity index (χ1) is 11.8. The predicted octanol–water partition coefficient (Wildman–Crippen LogP) is 4.35. The number of carbonyl (C=O) groups excluding carboxylic acids is 1. The Morgan fingerprint density at radius 2 is 1.75 bits per heavy atom. The number of methoxy groups -OCH3 is 1. The maximum Gasteiger partial charge on any atom is 0.197 e. The Morgan fingerprint density at radius 3 is 2.62 bits per heavy atom. The van der Waals surface area contributed by atoms with Gasteiger partial charge in [-0.2, -0.15) is 0 Å². The molecule has 0 bridgehead atoms. The molecule has 3 nitrogen and oxygen atoms in total. The molecular formula is C21H19NO2. The van der Waals surface area contributed by atoms with Crippen LogP contribution in [0.4, 0.5) is 0 Å². The lowest BCUT2D eigenvalue weighted by atomic mass is 9.86. The summed E-state index contributed by atoms with van der Waals surface area (Å²) in [5.41, 5.74) is 4.52. The molecular weight excluding hydrogens is 298 g/mol. The summed E-state index contributed by atoms with van der Waals surface area (Å²) in [4.78, 5) is 18.2. The summed E-state index contributed by atoms with van der Waals surface area (Å²) in [5.74, 6) is 0.650. The van der Waals surface area contributed by atoms with E-state index < -0.39 is 0 Å². The Hall–Kier alpha value is -2.68. The van der Waals surface area contributed by atoms with Crippen molar-refractivity contribution < 1.29 is 9.53 Å². The summed E-state index contributed by atoms with van der Waals surface area (Å²) in [6.07, 6.45) is 4.12. The van der Waals surface area contributed by atoms with Crippen LogP contribution >= 0.6 is 0 Å². The van der Waals surface area contributed by atoms with E-state index in [2.05, 4.69) is 0 Å². The number of aryl methyl sites for hydroxylation is 1. The number of benzene rings is 2. The lowest BCUT2D eigenvalue weighted by molar-refractivity contribution is 0.103. The first kappa shape index (κ1) is 14.9. The summed E-state index contributed by atoms with van der Waals surface area (Å²) in [7, 11) is 1.60. The SMILES string of the molecule is COc1ccccc1C(=O)c1c2c(nc3ccccc13)CCCC2. The van der Waals surface area contributed by atoms with E-state index in [1.807, 2.05) is 48.5 Å². The second kappa shape index (κ2) is 6.08. The normalized spacial score (nSPS) is 13.5. The number of fused-ring (bicyclic) bond motifs is 2. The zero-order valence-corrected chi connectivity index (χ0v) is 13.7. The molecule has 120 valence electrons. The van der Waals surface area contributed by atoms with E-state index in [1.165, 1.54) is 0 Å². The minimum Gasteiger partial charge on any atom is -0.496 e. The minimum atomic E-state index is 0.0317. The van der Waals surface area contributed by atoms with Crippen molar-refractivity contribution in [2.24, 2.45) is 0 Å². The van der Waals surface area contributed by atoms with Crippen molar-refractivity contribution in [3.05, 3.63) is 70.9 Å². The van der Waals surface area contributed by atoms with E-state index in [0.29, 0.717) is 11.3 Å². The number of ether oxygens (including phenoxy) is 1. The highest BCUT2D eigenvalue weighted by atomic mass is 16.5. The van der Waals surface area contributed by atoms with Crippen molar-refractivity contribution in [3.8, 4) is 5.75 Å². The standard InChI is InChI=1S/C21H19NO2/c1-24-19-13-7-4-10-16(19)21(23)20-14-8-2-5-11-17(14)22-18-12-6-3-9-15(18)20/h2,4-5,7-8,10-11,13H,3,6,9,12H2,1H3. The van der Waals surface area contributed by atoms with Gasteiger partial charge < -0.3 is 4.74 Å². The van der Waals surface area contributed by atoms with Crippen LogP contribution in [0, 0.1) is 0 Å². The molecule has 0 unspecified atom stereocenters. The lowest BCUT2D eigenvalue weighted by Gasteiger charge is -2.20. The molecule has 4 rings (SSSR count). The average molecular weight is 317 g/mol. The zero-order chi connectivity index (χ0) is 16.5. The molecule has 2 aromatic carbocycles. The van der Waals surface area contributed by atoms with E-state index in [0.717, 1.165) is 53.4 Å². The fraction of sp³-hybridized carbons (Fsp3) is 0.238. The van der Waals surface area contributed by atoms with Crippen molar-refractivity contribution >= 4 is 16.7 Å². The number of hydrogen-bond acceptors (Lipinski definition) is 3. The third-order valence-electron chi connectivity index (χ3n) is 4.75. The van der Waals surface area contributed by atoms with Gasteiger partial charge in [-0.05, 0) is 49.4 Å². The highest BCUT2D eigenvalue weighted by molar-refractivity contribution is 6.18. The Balaban J connectivity index is 2.00. The third-order valence-corrected chi connectivity index (χ3v) is 4.75. The molecule has 0 spiro atoms. The van der Waals surface area contributed by atoms with Crippen LogP contribution in [0.2, 0.25) is 0 Å². The van der Waals surface area contributed by atoms with Gasteiger partial charge in [0.2, 0.25) is 0 Å². The van der Waals surface area contributed by atoms with Crippen molar-refractivity contribution in [1.29, 1.82) is 0 Å². The summed E-state index contributed by atoms with van der Waals surface area (Å²) in [6.45, 7) is 0. The second-order valence-corrected chi connectivity index (χ2v) is 6.17. The Morgan fingerprint density at radius 1 is 1.00 bits per heavy atom. The Bertz CT molecular complexity index is 930. The maximum atomic E-state index is 13.4. The molecule has 3 heteroatoms. The number of carbonyl (C=O) groups is 1. The van der Waals surface area contributed by atoms with Crippen LogP contribution in [0.5, 0.6) is 5.75 Å². The zero-order valence-electron chi connectivity index (χ0n) is 13.7. The number of rotatable bonds is 3. The number of pyridine rings is 1. The highest BCUT2D eigenvalue weighted by Crippen LogP contribution is 2.32. The number of nitrogens with zero attached hydrogens (tertiary/aromatic N) is 1. The summed E-state index contributed by atoms with van der Waals surface area (Å²) < 4.78 is 5.41. The van der Waals surface area contributed by atoms with Gasteiger partial charge in [-0.15, -0.1) is 0 Å². The van der Waals surface area contributed by atoms with Gasteiger partial charge in [0, 0.05) is 16.6 Å². The van der Waals surface area contributed by atoms with Crippen LogP contribution in [0.25, 0.3) is 10.9 Å². The van der Waals surface area contributed by atoms with Gasteiger partial charge in [0.25, 0.3) is 0 Å². The molecule has 0 fully saturated rings. The van der Waals surface area contributed by atoms with E-state index in [4.69, 9.17) is 9.72 Å². The number of hydrogen-bond donors (Lipinski definition) is 0. The Labute approximate surface area is 141 Å². The first-order valence-electron chi connectivity index (χ1n) is 8.38. The van der Waals surface area contributed by atoms with Gasteiger partial charge in [-0.1, -0.05) is 30.3 Å². The molecule has 0 amide bonds. The van der Waals surface area contributed by atoms with E-state index in [-0.39, 0.29) is 5.78 Å². The smallest absolute Gasteiger partial charge is 0.197 e.